The van der Waals surface area contributed by atoms with Crippen LogP contribution < -0.4 is 4.74 Å². The summed E-state index contributed by atoms with van der Waals surface area (Å²) in [7, 11) is 0. The van der Waals surface area contributed by atoms with Crippen molar-refractivity contribution in [1.29, 1.82) is 0 Å². The van der Waals surface area contributed by atoms with E-state index in [2.05, 4.69) is 9.97 Å². The molecule has 35 heavy (non-hydrogen) atoms. The van der Waals surface area contributed by atoms with Crippen molar-refractivity contribution < 1.29 is 32.0 Å². The van der Waals surface area contributed by atoms with Crippen LogP contribution >= 0.6 is 0 Å². The molecule has 1 saturated heterocycles. The van der Waals surface area contributed by atoms with E-state index in [9.17, 15) is 22.5 Å². The quantitative estimate of drug-likeness (QED) is 0.353. The summed E-state index contributed by atoms with van der Waals surface area (Å²) in [6, 6.07) is 3.15. The summed E-state index contributed by atoms with van der Waals surface area (Å²) in [5.41, 5.74) is -1.14. The summed E-state index contributed by atoms with van der Waals surface area (Å²) >= 11 is -1.59. The highest BCUT2D eigenvalue weighted by Gasteiger charge is 2.32. The van der Waals surface area contributed by atoms with E-state index in [0.717, 1.165) is 18.6 Å². The number of rotatable bonds is 7. The summed E-state index contributed by atoms with van der Waals surface area (Å²) in [6.07, 6.45) is -2.00. The highest BCUT2D eigenvalue weighted by Crippen LogP contribution is 2.33. The highest BCUT2D eigenvalue weighted by atomic mass is 32.2. The molecule has 0 saturated carbocycles. The third-order valence-electron chi connectivity index (χ3n) is 5.58. The van der Waals surface area contributed by atoms with Gasteiger partial charge >= 0.3 is 18.3 Å². The topological polar surface area (TPSA) is 87.6 Å². The first-order valence-electron chi connectivity index (χ1n) is 11.8. The van der Waals surface area contributed by atoms with Crippen LogP contribution in [0.1, 0.15) is 58.9 Å². The zero-order chi connectivity index (χ0) is 25.8. The molecule has 1 aromatic heterocycles. The van der Waals surface area contributed by atoms with Crippen LogP contribution in [0.4, 0.5) is 18.0 Å². The lowest BCUT2D eigenvalue weighted by Crippen LogP contribution is -2.42. The van der Waals surface area contributed by atoms with Crippen molar-refractivity contribution in [2.45, 2.75) is 70.2 Å². The predicted octanol–water partition coefficient (Wildman–Crippen LogP) is 5.58. The van der Waals surface area contributed by atoms with Crippen molar-refractivity contribution in [1.82, 2.24) is 14.9 Å². The molecule has 1 aliphatic rings. The van der Waals surface area contributed by atoms with Gasteiger partial charge in [0.25, 0.3) is 5.03 Å². The minimum Gasteiger partial charge on any atom is -0.610 e. The van der Waals surface area contributed by atoms with Crippen LogP contribution in [0.25, 0.3) is 10.9 Å². The lowest BCUT2D eigenvalue weighted by atomic mass is 9.98. The number of ether oxygens (including phenoxy) is 2. The zero-order valence-corrected chi connectivity index (χ0v) is 21.3. The number of alkyl halides is 3. The number of piperidine rings is 1. The lowest BCUT2D eigenvalue weighted by molar-refractivity contribution is -0.137. The van der Waals surface area contributed by atoms with E-state index in [4.69, 9.17) is 9.47 Å². The Bertz CT molecular complexity index is 1020. The maximum Gasteiger partial charge on any atom is 0.416 e. The molecular weight excluding hydrogens is 483 g/mol. The molecule has 2 aromatic rings. The average Bonchev–Trinajstić information content (AvgIpc) is 2.78. The second-order valence-electron chi connectivity index (χ2n) is 9.67. The van der Waals surface area contributed by atoms with Gasteiger partial charge in [-0.15, -0.1) is 4.98 Å². The molecule has 1 fully saturated rings. The molecule has 0 bridgehead atoms. The maximum absolute atomic E-state index is 13.2. The molecule has 194 valence electrons. The summed E-state index contributed by atoms with van der Waals surface area (Å²) in [4.78, 5) is 22.4. The standard InChI is InChI=1S/C24H32F3N3O4S/c1-5-6-13-35(32)20-18-14-17(24(25,26)27)7-8-19(18)28-21(29-20)33-15-16-9-11-30(12-10-16)22(31)34-23(2,3)4/h7-8,14,16H,5-6,9-13,15H2,1-4H3. The third kappa shape index (κ3) is 7.60. The molecular formula is C24H32F3N3O4S. The Balaban J connectivity index is 1.72. The van der Waals surface area contributed by atoms with Gasteiger partial charge in [-0.3, -0.25) is 0 Å². The molecule has 3 rings (SSSR count). The van der Waals surface area contributed by atoms with Crippen LogP contribution in [0.15, 0.2) is 23.2 Å². The smallest absolute Gasteiger partial charge is 0.416 e. The van der Waals surface area contributed by atoms with Crippen molar-refractivity contribution in [3.8, 4) is 6.01 Å². The number of nitrogens with zero attached hydrogens (tertiary/aromatic N) is 3. The van der Waals surface area contributed by atoms with Crippen LogP contribution in [0.5, 0.6) is 6.01 Å². The molecule has 1 atom stereocenters. The SMILES string of the molecule is CCCC[S+]([O-])c1nc(OCC2CCN(C(=O)OC(C)(C)C)CC2)nc2ccc(C(F)(F)F)cc12. The first-order chi connectivity index (χ1) is 16.4. The molecule has 0 spiro atoms. The summed E-state index contributed by atoms with van der Waals surface area (Å²) in [5, 5.41) is 0.177. The number of likely N-dealkylation sites (tertiary alicyclic amines) is 1. The number of hydrogen-bond acceptors (Lipinski definition) is 6. The molecule has 1 aromatic carbocycles. The van der Waals surface area contributed by atoms with Gasteiger partial charge in [-0.25, -0.2) is 4.79 Å². The fraction of sp³-hybridized carbons (Fsp3) is 0.625. The number of unbranched alkanes of at least 4 members (excludes halogenated alkanes) is 1. The average molecular weight is 516 g/mol. The number of halogens is 3. The van der Waals surface area contributed by atoms with Crippen molar-refractivity contribution in [3.05, 3.63) is 23.8 Å². The fourth-order valence-corrected chi connectivity index (χ4v) is 5.00. The number of amides is 1. The van der Waals surface area contributed by atoms with Crippen LogP contribution in [-0.2, 0) is 22.1 Å². The number of benzene rings is 1. The molecule has 0 N–H and O–H groups in total. The lowest BCUT2D eigenvalue weighted by Gasteiger charge is -2.33. The Morgan fingerprint density at radius 1 is 1.20 bits per heavy atom. The Labute approximate surface area is 206 Å². The monoisotopic (exact) mass is 515 g/mol. The van der Waals surface area contributed by atoms with E-state index in [0.29, 0.717) is 38.1 Å². The summed E-state index contributed by atoms with van der Waals surface area (Å²) < 4.78 is 63.8. The Hall–Kier alpha value is -2.27. The highest BCUT2D eigenvalue weighted by molar-refractivity contribution is 7.91. The van der Waals surface area contributed by atoms with Crippen molar-refractivity contribution in [2.24, 2.45) is 5.92 Å². The van der Waals surface area contributed by atoms with Gasteiger partial charge in [-0.2, -0.15) is 18.2 Å². The second-order valence-corrected chi connectivity index (χ2v) is 11.2. The minimum atomic E-state index is -4.53. The molecule has 1 unspecified atom stereocenters. The van der Waals surface area contributed by atoms with Gasteiger partial charge in [0.2, 0.25) is 0 Å². The van der Waals surface area contributed by atoms with Crippen molar-refractivity contribution in [3.63, 3.8) is 0 Å². The molecule has 0 aliphatic carbocycles. The number of fused-ring (bicyclic) bond motifs is 1. The second kappa shape index (κ2) is 11.2. The number of carbonyl (C=O) groups is 1. The number of aromatic nitrogens is 2. The van der Waals surface area contributed by atoms with Gasteiger partial charge in [0.1, 0.15) is 11.4 Å². The molecule has 7 nitrogen and oxygen atoms in total. The molecule has 11 heteroatoms. The first-order valence-corrected chi connectivity index (χ1v) is 13.1. The van der Waals surface area contributed by atoms with E-state index in [1.54, 1.807) is 4.90 Å². The largest absolute Gasteiger partial charge is 0.610 e. The van der Waals surface area contributed by atoms with E-state index in [1.165, 1.54) is 6.07 Å². The Kier molecular flexibility index (Phi) is 8.74. The normalized spacial score (nSPS) is 16.4. The van der Waals surface area contributed by atoms with E-state index >= 15 is 0 Å². The van der Waals surface area contributed by atoms with Gasteiger partial charge in [-0.05, 0) is 64.2 Å². The zero-order valence-electron chi connectivity index (χ0n) is 20.5. The molecule has 1 amide bonds. The van der Waals surface area contributed by atoms with E-state index < -0.39 is 28.5 Å². The van der Waals surface area contributed by atoms with Gasteiger partial charge in [0.15, 0.2) is 0 Å². The van der Waals surface area contributed by atoms with Crippen molar-refractivity contribution >= 4 is 28.2 Å². The molecule has 0 radical (unpaired) electrons. The van der Waals surface area contributed by atoms with Gasteiger partial charge in [0, 0.05) is 24.3 Å². The van der Waals surface area contributed by atoms with E-state index in [-0.39, 0.29) is 40.6 Å². The van der Waals surface area contributed by atoms with Gasteiger partial charge < -0.3 is 18.9 Å². The Morgan fingerprint density at radius 2 is 1.89 bits per heavy atom. The number of carbonyl (C=O) groups excluding carboxylic acids is 1. The van der Waals surface area contributed by atoms with E-state index in [1.807, 2.05) is 27.7 Å². The third-order valence-corrected chi connectivity index (χ3v) is 6.98. The summed E-state index contributed by atoms with van der Waals surface area (Å²) in [6.45, 7) is 8.77. The molecule has 1 aliphatic heterocycles. The maximum atomic E-state index is 13.2. The Morgan fingerprint density at radius 3 is 2.49 bits per heavy atom. The van der Waals surface area contributed by atoms with Gasteiger partial charge in [0.05, 0.1) is 23.1 Å². The predicted molar refractivity (Wildman–Crippen MR) is 127 cm³/mol. The molecule has 2 heterocycles. The number of hydrogen-bond donors (Lipinski definition) is 0. The van der Waals surface area contributed by atoms with Crippen molar-refractivity contribution in [2.75, 3.05) is 25.4 Å². The first kappa shape index (κ1) is 27.3. The summed E-state index contributed by atoms with van der Waals surface area (Å²) in [5.74, 6) is 0.441. The minimum absolute atomic E-state index is 0.00770. The van der Waals surface area contributed by atoms with Crippen LogP contribution in [0, 0.1) is 5.92 Å². The van der Waals surface area contributed by atoms with Crippen LogP contribution in [-0.4, -0.2) is 56.6 Å². The fourth-order valence-electron chi connectivity index (χ4n) is 3.67. The van der Waals surface area contributed by atoms with Gasteiger partial charge in [-0.1, -0.05) is 13.3 Å². The van der Waals surface area contributed by atoms with Crippen LogP contribution in [0.2, 0.25) is 0 Å². The van der Waals surface area contributed by atoms with Crippen LogP contribution in [0.3, 0.4) is 0 Å².